The van der Waals surface area contributed by atoms with E-state index in [1.165, 1.54) is 29.7 Å². The number of hydrogen-bond acceptors (Lipinski definition) is 4. The molecule has 1 N–H and O–H groups in total. The van der Waals surface area contributed by atoms with Crippen LogP contribution in [0.4, 0.5) is 4.39 Å². The van der Waals surface area contributed by atoms with E-state index in [2.05, 4.69) is 10.1 Å². The number of hydrogen-bond donors (Lipinski definition) is 1. The van der Waals surface area contributed by atoms with E-state index in [-0.39, 0.29) is 5.82 Å². The van der Waals surface area contributed by atoms with Gasteiger partial charge in [-0.15, -0.1) is 11.3 Å². The van der Waals surface area contributed by atoms with E-state index in [9.17, 15) is 4.39 Å². The first kappa shape index (κ1) is 11.8. The molecule has 3 aromatic rings. The molecular weight excluding hydrogens is 263 g/mol. The van der Waals surface area contributed by atoms with Crippen LogP contribution in [0.3, 0.4) is 0 Å². The number of nitrogens with zero attached hydrogens (tertiary/aromatic N) is 2. The van der Waals surface area contributed by atoms with Crippen LogP contribution in [-0.4, -0.2) is 16.4 Å². The van der Waals surface area contributed by atoms with Crippen LogP contribution in [0.5, 0.6) is 0 Å². The van der Waals surface area contributed by atoms with Crippen LogP contribution in [-0.2, 0) is 0 Å². The minimum Gasteiger partial charge on any atom is -0.411 e. The molecule has 3 rings (SSSR count). The summed E-state index contributed by atoms with van der Waals surface area (Å²) in [6.07, 6.45) is 1.36. The molecule has 0 radical (unpaired) electrons. The fourth-order valence-electron chi connectivity index (χ4n) is 1.80. The highest BCUT2D eigenvalue weighted by molar-refractivity contribution is 7.21. The molecule has 0 amide bonds. The lowest BCUT2D eigenvalue weighted by atomic mass is 10.1. The minimum atomic E-state index is -0.253. The van der Waals surface area contributed by atoms with Gasteiger partial charge in [0.05, 0.1) is 16.4 Å². The summed E-state index contributed by atoms with van der Waals surface area (Å²) in [6.45, 7) is 0. The molecule has 2 aromatic carbocycles. The molecule has 0 unspecified atom stereocenters. The van der Waals surface area contributed by atoms with Crippen molar-refractivity contribution in [2.24, 2.45) is 5.16 Å². The summed E-state index contributed by atoms with van der Waals surface area (Å²) in [6, 6.07) is 12.0. The third-order valence-corrected chi connectivity index (χ3v) is 3.78. The molecule has 0 aliphatic carbocycles. The molecule has 1 aromatic heterocycles. The summed E-state index contributed by atoms with van der Waals surface area (Å²) in [7, 11) is 0. The smallest absolute Gasteiger partial charge is 0.124 e. The molecule has 0 bridgehead atoms. The fraction of sp³-hybridized carbons (Fsp3) is 0. The molecule has 0 spiro atoms. The van der Waals surface area contributed by atoms with Crippen molar-refractivity contribution in [2.45, 2.75) is 0 Å². The topological polar surface area (TPSA) is 45.5 Å². The van der Waals surface area contributed by atoms with Crippen LogP contribution in [0, 0.1) is 5.82 Å². The van der Waals surface area contributed by atoms with E-state index < -0.39 is 0 Å². The van der Waals surface area contributed by atoms with Crippen molar-refractivity contribution in [3.63, 3.8) is 0 Å². The highest BCUT2D eigenvalue weighted by Gasteiger charge is 2.06. The molecule has 1 heterocycles. The van der Waals surface area contributed by atoms with Gasteiger partial charge >= 0.3 is 0 Å². The molecule has 0 fully saturated rings. The molecule has 5 heteroatoms. The molecule has 94 valence electrons. The van der Waals surface area contributed by atoms with Crippen LogP contribution in [0.25, 0.3) is 20.8 Å². The molecular formula is C14H9FN2OS. The van der Waals surface area contributed by atoms with Crippen LogP contribution >= 0.6 is 11.3 Å². The Bertz CT molecular complexity index is 750. The van der Waals surface area contributed by atoms with E-state index in [0.717, 1.165) is 26.4 Å². The first-order chi connectivity index (χ1) is 9.26. The Morgan fingerprint density at radius 2 is 1.95 bits per heavy atom. The summed E-state index contributed by atoms with van der Waals surface area (Å²) in [5.41, 5.74) is 2.55. The normalized spacial score (nSPS) is 11.4. The Morgan fingerprint density at radius 1 is 1.16 bits per heavy atom. The van der Waals surface area contributed by atoms with E-state index >= 15 is 0 Å². The first-order valence-electron chi connectivity index (χ1n) is 5.60. The average Bonchev–Trinajstić information content (AvgIpc) is 2.83. The van der Waals surface area contributed by atoms with Gasteiger partial charge in [-0.05, 0) is 23.8 Å². The number of fused-ring (bicyclic) bond motifs is 1. The maximum absolute atomic E-state index is 13.1. The molecule has 3 nitrogen and oxygen atoms in total. The Kier molecular flexibility index (Phi) is 2.97. The molecule has 0 aliphatic rings. The average molecular weight is 272 g/mol. The standard InChI is InChI=1S/C14H9FN2OS/c15-11-5-6-12-13(7-11)19-14(17-12)10-3-1-9(2-4-10)8-16-18/h1-8,18H/b16-8-. The number of benzene rings is 2. The Labute approximate surface area is 112 Å². The second kappa shape index (κ2) is 4.78. The van der Waals surface area contributed by atoms with Gasteiger partial charge in [0.2, 0.25) is 0 Å². The van der Waals surface area contributed by atoms with Gasteiger partial charge in [0.25, 0.3) is 0 Å². The van der Waals surface area contributed by atoms with Crippen molar-refractivity contribution >= 4 is 27.8 Å². The third-order valence-electron chi connectivity index (χ3n) is 2.71. The van der Waals surface area contributed by atoms with Crippen molar-refractivity contribution in [3.8, 4) is 10.6 Å². The largest absolute Gasteiger partial charge is 0.411 e. The highest BCUT2D eigenvalue weighted by atomic mass is 32.1. The van der Waals surface area contributed by atoms with Gasteiger partial charge in [-0.25, -0.2) is 9.37 Å². The Morgan fingerprint density at radius 3 is 2.68 bits per heavy atom. The van der Waals surface area contributed by atoms with Gasteiger partial charge in [0, 0.05) is 5.56 Å². The zero-order valence-corrected chi connectivity index (χ0v) is 10.6. The van der Waals surface area contributed by atoms with Gasteiger partial charge in [-0.2, -0.15) is 0 Å². The van der Waals surface area contributed by atoms with Crippen molar-refractivity contribution in [2.75, 3.05) is 0 Å². The monoisotopic (exact) mass is 272 g/mol. The lowest BCUT2D eigenvalue weighted by Gasteiger charge is -1.96. The number of aromatic nitrogens is 1. The summed E-state index contributed by atoms with van der Waals surface area (Å²) >= 11 is 1.45. The fourth-order valence-corrected chi connectivity index (χ4v) is 2.80. The van der Waals surface area contributed by atoms with Gasteiger partial charge in [0.15, 0.2) is 0 Å². The van der Waals surface area contributed by atoms with Crippen LogP contribution in [0.15, 0.2) is 47.6 Å². The predicted octanol–water partition coefficient (Wildman–Crippen LogP) is 3.91. The van der Waals surface area contributed by atoms with Crippen LogP contribution in [0.1, 0.15) is 5.56 Å². The number of rotatable bonds is 2. The maximum atomic E-state index is 13.1. The van der Waals surface area contributed by atoms with Gasteiger partial charge in [0.1, 0.15) is 10.8 Å². The van der Waals surface area contributed by atoms with Crippen molar-refractivity contribution < 1.29 is 9.60 Å². The van der Waals surface area contributed by atoms with Crippen molar-refractivity contribution in [1.82, 2.24) is 4.98 Å². The summed E-state index contributed by atoms with van der Waals surface area (Å²) in [5, 5.41) is 12.3. The minimum absolute atomic E-state index is 0.253. The lowest BCUT2D eigenvalue weighted by molar-refractivity contribution is 0.322. The summed E-state index contributed by atoms with van der Waals surface area (Å²) in [4.78, 5) is 4.47. The zero-order valence-electron chi connectivity index (χ0n) is 9.75. The van der Waals surface area contributed by atoms with Crippen molar-refractivity contribution in [1.29, 1.82) is 0 Å². The second-order valence-electron chi connectivity index (χ2n) is 4.00. The van der Waals surface area contributed by atoms with E-state index in [0.29, 0.717) is 0 Å². The Balaban J connectivity index is 2.03. The lowest BCUT2D eigenvalue weighted by Crippen LogP contribution is -1.81. The summed E-state index contributed by atoms with van der Waals surface area (Å²) in [5.74, 6) is -0.253. The van der Waals surface area contributed by atoms with E-state index in [1.54, 1.807) is 6.07 Å². The SMILES string of the molecule is O/N=C\c1ccc(-c2nc3ccc(F)cc3s2)cc1. The van der Waals surface area contributed by atoms with E-state index in [1.807, 2.05) is 24.3 Å². The quantitative estimate of drug-likeness (QED) is 0.436. The third kappa shape index (κ3) is 2.32. The van der Waals surface area contributed by atoms with Crippen LogP contribution in [0.2, 0.25) is 0 Å². The molecule has 0 aliphatic heterocycles. The molecule has 0 saturated heterocycles. The van der Waals surface area contributed by atoms with Gasteiger partial charge in [-0.1, -0.05) is 29.4 Å². The first-order valence-corrected chi connectivity index (χ1v) is 6.42. The van der Waals surface area contributed by atoms with Crippen molar-refractivity contribution in [3.05, 3.63) is 53.8 Å². The maximum Gasteiger partial charge on any atom is 0.124 e. The number of halogens is 1. The van der Waals surface area contributed by atoms with Gasteiger partial charge < -0.3 is 5.21 Å². The van der Waals surface area contributed by atoms with E-state index in [4.69, 9.17) is 5.21 Å². The highest BCUT2D eigenvalue weighted by Crippen LogP contribution is 2.30. The number of oxime groups is 1. The molecule has 0 atom stereocenters. The molecule has 19 heavy (non-hydrogen) atoms. The Hall–Kier alpha value is -2.27. The second-order valence-corrected chi connectivity index (χ2v) is 5.03. The predicted molar refractivity (Wildman–Crippen MR) is 74.4 cm³/mol. The molecule has 0 saturated carbocycles. The zero-order chi connectivity index (χ0) is 13.2. The van der Waals surface area contributed by atoms with Crippen LogP contribution < -0.4 is 0 Å². The van der Waals surface area contributed by atoms with Gasteiger partial charge in [-0.3, -0.25) is 0 Å². The number of thiazole rings is 1. The summed E-state index contributed by atoms with van der Waals surface area (Å²) < 4.78 is 14.0.